The van der Waals surface area contributed by atoms with Crippen LogP contribution < -0.4 is 15.4 Å². The second-order valence-corrected chi connectivity index (χ2v) is 5.69. The van der Waals surface area contributed by atoms with E-state index in [1.54, 1.807) is 25.5 Å². The molecule has 0 N–H and O–H groups in total. The van der Waals surface area contributed by atoms with Crippen LogP contribution >= 0.6 is 0 Å². The quantitative estimate of drug-likeness (QED) is 0.841. The van der Waals surface area contributed by atoms with E-state index in [2.05, 4.69) is 4.98 Å². The summed E-state index contributed by atoms with van der Waals surface area (Å²) >= 11 is 0. The Labute approximate surface area is 136 Å². The van der Waals surface area contributed by atoms with Crippen molar-refractivity contribution in [1.82, 2.24) is 9.55 Å². The van der Waals surface area contributed by atoms with Gasteiger partial charge in [0, 0.05) is 51.3 Å². The van der Waals surface area contributed by atoms with Gasteiger partial charge in [-0.05, 0) is 18.2 Å². The summed E-state index contributed by atoms with van der Waals surface area (Å²) in [6.45, 7) is 2.12. The average molecular weight is 338 g/mol. The molecule has 2 heterocycles. The minimum absolute atomic E-state index is 0.176. The third kappa shape index (κ3) is 3.22. The highest BCUT2D eigenvalue weighted by atomic mass is 19.4. The lowest BCUT2D eigenvalue weighted by molar-refractivity contribution is -0.137. The molecular weight excluding hydrogens is 321 g/mol. The van der Waals surface area contributed by atoms with E-state index in [0.29, 0.717) is 37.7 Å². The van der Waals surface area contributed by atoms with Crippen molar-refractivity contribution >= 4 is 11.5 Å². The molecule has 1 aliphatic rings. The van der Waals surface area contributed by atoms with Crippen LogP contribution in [0.3, 0.4) is 0 Å². The molecule has 0 unspecified atom stereocenters. The van der Waals surface area contributed by atoms with Crippen LogP contribution in [-0.2, 0) is 13.2 Å². The molecule has 8 heteroatoms. The number of rotatable bonds is 2. The highest BCUT2D eigenvalue weighted by Gasteiger charge is 2.31. The van der Waals surface area contributed by atoms with Crippen molar-refractivity contribution < 1.29 is 13.2 Å². The Morgan fingerprint density at radius 3 is 2.42 bits per heavy atom. The predicted molar refractivity (Wildman–Crippen MR) is 85.3 cm³/mol. The van der Waals surface area contributed by atoms with Crippen LogP contribution in [0, 0.1) is 0 Å². The van der Waals surface area contributed by atoms with Crippen LogP contribution in [0.5, 0.6) is 0 Å². The molecule has 1 aromatic carbocycles. The van der Waals surface area contributed by atoms with E-state index in [-0.39, 0.29) is 5.56 Å². The maximum absolute atomic E-state index is 12.8. The first-order chi connectivity index (χ1) is 11.4. The number of hydrogen-bond acceptors (Lipinski definition) is 4. The third-order valence-corrected chi connectivity index (χ3v) is 4.12. The molecule has 128 valence electrons. The lowest BCUT2D eigenvalue weighted by Crippen LogP contribution is -2.48. The second-order valence-electron chi connectivity index (χ2n) is 5.69. The fourth-order valence-electron chi connectivity index (χ4n) is 2.76. The Morgan fingerprint density at radius 1 is 1.08 bits per heavy atom. The zero-order valence-corrected chi connectivity index (χ0v) is 13.1. The second kappa shape index (κ2) is 6.18. The fraction of sp³-hybridized carbons (Fsp3) is 0.375. The molecule has 1 fully saturated rings. The summed E-state index contributed by atoms with van der Waals surface area (Å²) in [6.07, 6.45) is -1.20. The van der Waals surface area contributed by atoms with E-state index < -0.39 is 11.7 Å². The van der Waals surface area contributed by atoms with Crippen LogP contribution in [0.15, 0.2) is 41.5 Å². The number of halogens is 3. The summed E-state index contributed by atoms with van der Waals surface area (Å²) in [6, 6.07) is 5.32. The van der Waals surface area contributed by atoms with Gasteiger partial charge >= 0.3 is 6.18 Å². The molecule has 0 radical (unpaired) electrons. The standard InChI is InChI=1S/C16H17F3N4O/c1-21-6-5-20-14(15(21)24)23-9-7-22(8-10-23)13-4-2-3-12(11-13)16(17,18)19/h2-6,11H,7-10H2,1H3. The van der Waals surface area contributed by atoms with Crippen LogP contribution in [-0.4, -0.2) is 35.7 Å². The molecule has 1 saturated heterocycles. The summed E-state index contributed by atoms with van der Waals surface area (Å²) in [4.78, 5) is 20.0. The number of nitrogens with zero attached hydrogens (tertiary/aromatic N) is 4. The van der Waals surface area contributed by atoms with Gasteiger partial charge in [-0.25, -0.2) is 4.98 Å². The lowest BCUT2D eigenvalue weighted by atomic mass is 10.1. The van der Waals surface area contributed by atoms with Crippen molar-refractivity contribution in [3.05, 3.63) is 52.6 Å². The maximum Gasteiger partial charge on any atom is 0.416 e. The van der Waals surface area contributed by atoms with Crippen molar-refractivity contribution in [3.63, 3.8) is 0 Å². The Kier molecular flexibility index (Phi) is 4.21. The minimum atomic E-state index is -4.35. The van der Waals surface area contributed by atoms with Gasteiger partial charge in [-0.15, -0.1) is 0 Å². The predicted octanol–water partition coefficient (Wildman–Crippen LogP) is 2.13. The van der Waals surface area contributed by atoms with Crippen molar-refractivity contribution in [2.75, 3.05) is 36.0 Å². The molecular formula is C16H17F3N4O. The molecule has 24 heavy (non-hydrogen) atoms. The van der Waals surface area contributed by atoms with Gasteiger partial charge in [-0.1, -0.05) is 6.07 Å². The molecule has 2 aromatic rings. The molecule has 5 nitrogen and oxygen atoms in total. The molecule has 1 aromatic heterocycles. The average Bonchev–Trinajstić information content (AvgIpc) is 2.57. The Balaban J connectivity index is 1.74. The summed E-state index contributed by atoms with van der Waals surface area (Å²) in [5.74, 6) is 0.378. The van der Waals surface area contributed by atoms with Crippen LogP contribution in [0.4, 0.5) is 24.7 Å². The van der Waals surface area contributed by atoms with E-state index >= 15 is 0 Å². The summed E-state index contributed by atoms with van der Waals surface area (Å²) in [5.41, 5.74) is -0.288. The lowest BCUT2D eigenvalue weighted by Gasteiger charge is -2.36. The van der Waals surface area contributed by atoms with Crippen LogP contribution in [0.1, 0.15) is 5.56 Å². The van der Waals surface area contributed by atoms with Crippen LogP contribution in [0.25, 0.3) is 0 Å². The Hall–Kier alpha value is -2.51. The number of aryl methyl sites for hydroxylation is 1. The van der Waals surface area contributed by atoms with E-state index in [9.17, 15) is 18.0 Å². The van der Waals surface area contributed by atoms with Crippen molar-refractivity contribution in [2.24, 2.45) is 7.05 Å². The normalized spacial score (nSPS) is 15.7. The number of piperazine rings is 1. The first-order valence-electron chi connectivity index (χ1n) is 7.55. The smallest absolute Gasteiger partial charge is 0.368 e. The summed E-state index contributed by atoms with van der Waals surface area (Å²) in [7, 11) is 1.66. The van der Waals surface area contributed by atoms with E-state index in [1.165, 1.54) is 10.6 Å². The van der Waals surface area contributed by atoms with Crippen molar-refractivity contribution in [2.45, 2.75) is 6.18 Å². The number of hydrogen-bond donors (Lipinski definition) is 0. The molecule has 0 bridgehead atoms. The Bertz CT molecular complexity index is 779. The van der Waals surface area contributed by atoms with Gasteiger partial charge in [0.2, 0.25) is 0 Å². The number of alkyl halides is 3. The molecule has 0 atom stereocenters. The Morgan fingerprint density at radius 2 is 1.75 bits per heavy atom. The van der Waals surface area contributed by atoms with Gasteiger partial charge in [0.05, 0.1) is 5.56 Å². The zero-order valence-electron chi connectivity index (χ0n) is 13.1. The van der Waals surface area contributed by atoms with Crippen molar-refractivity contribution in [1.29, 1.82) is 0 Å². The van der Waals surface area contributed by atoms with E-state index in [4.69, 9.17) is 0 Å². The van der Waals surface area contributed by atoms with Crippen molar-refractivity contribution in [3.8, 4) is 0 Å². The molecule has 0 aliphatic carbocycles. The molecule has 0 saturated carbocycles. The van der Waals surface area contributed by atoms with E-state index in [1.807, 2.05) is 9.80 Å². The first-order valence-corrected chi connectivity index (χ1v) is 7.55. The monoisotopic (exact) mass is 338 g/mol. The third-order valence-electron chi connectivity index (χ3n) is 4.12. The highest BCUT2D eigenvalue weighted by Crippen LogP contribution is 2.31. The van der Waals surface area contributed by atoms with E-state index in [0.717, 1.165) is 12.1 Å². The summed E-state index contributed by atoms with van der Waals surface area (Å²) in [5, 5.41) is 0. The number of anilines is 2. The maximum atomic E-state index is 12.8. The van der Waals surface area contributed by atoms with Gasteiger partial charge in [-0.2, -0.15) is 13.2 Å². The van der Waals surface area contributed by atoms with Gasteiger partial charge < -0.3 is 14.4 Å². The van der Waals surface area contributed by atoms with Gasteiger partial charge in [0.15, 0.2) is 5.82 Å². The van der Waals surface area contributed by atoms with Gasteiger partial charge in [-0.3, -0.25) is 4.79 Å². The number of aromatic nitrogens is 2. The molecule has 0 amide bonds. The minimum Gasteiger partial charge on any atom is -0.368 e. The number of benzene rings is 1. The van der Waals surface area contributed by atoms with Crippen LogP contribution in [0.2, 0.25) is 0 Å². The SMILES string of the molecule is Cn1ccnc(N2CCN(c3cccc(C(F)(F)F)c3)CC2)c1=O. The molecule has 3 rings (SSSR count). The summed E-state index contributed by atoms with van der Waals surface area (Å²) < 4.78 is 39.9. The fourth-order valence-corrected chi connectivity index (χ4v) is 2.76. The first kappa shape index (κ1) is 16.4. The van der Waals surface area contributed by atoms with Gasteiger partial charge in [0.1, 0.15) is 0 Å². The zero-order chi connectivity index (χ0) is 17.3. The van der Waals surface area contributed by atoms with Gasteiger partial charge in [0.25, 0.3) is 5.56 Å². The largest absolute Gasteiger partial charge is 0.416 e. The molecule has 1 aliphatic heterocycles. The highest BCUT2D eigenvalue weighted by molar-refractivity contribution is 5.51. The molecule has 0 spiro atoms. The topological polar surface area (TPSA) is 41.4 Å².